The maximum absolute atomic E-state index is 12.1. The summed E-state index contributed by atoms with van der Waals surface area (Å²) in [6.45, 7) is 2.32. The summed E-state index contributed by atoms with van der Waals surface area (Å²) in [7, 11) is 1.72. The predicted molar refractivity (Wildman–Crippen MR) is 92.1 cm³/mol. The van der Waals surface area contributed by atoms with Gasteiger partial charge in [-0.15, -0.1) is 0 Å². The van der Waals surface area contributed by atoms with Crippen LogP contribution in [-0.2, 0) is 11.3 Å². The lowest BCUT2D eigenvalue weighted by Gasteiger charge is -2.19. The smallest absolute Gasteiger partial charge is 0.315 e. The lowest BCUT2D eigenvalue weighted by molar-refractivity contribution is -0.129. The number of amides is 3. The number of benzene rings is 1. The van der Waals surface area contributed by atoms with E-state index < -0.39 is 0 Å². The van der Waals surface area contributed by atoms with Crippen molar-refractivity contribution in [2.75, 3.05) is 13.6 Å². The van der Waals surface area contributed by atoms with E-state index in [0.29, 0.717) is 6.54 Å². The van der Waals surface area contributed by atoms with Gasteiger partial charge in [0.25, 0.3) is 0 Å². The maximum atomic E-state index is 12.1. The van der Waals surface area contributed by atoms with E-state index in [9.17, 15) is 9.59 Å². The minimum Gasteiger partial charge on any atom is -0.340 e. The minimum atomic E-state index is -0.382. The normalized spacial score (nSPS) is 11.4. The second kappa shape index (κ2) is 8.67. The van der Waals surface area contributed by atoms with Crippen LogP contribution in [0.3, 0.4) is 0 Å². The zero-order chi connectivity index (χ0) is 17.4. The molecule has 0 spiro atoms. The van der Waals surface area contributed by atoms with Crippen molar-refractivity contribution >= 4 is 11.9 Å². The highest BCUT2D eigenvalue weighted by atomic mass is 16.2. The van der Waals surface area contributed by atoms with Crippen LogP contribution in [0, 0.1) is 0 Å². The molecule has 6 heteroatoms. The Kier molecular flexibility index (Phi) is 6.31. The molecular weight excluding hydrogens is 304 g/mol. The fraction of sp³-hybridized carbons (Fsp3) is 0.278. The highest BCUT2D eigenvalue weighted by molar-refractivity contribution is 5.83. The van der Waals surface area contributed by atoms with Crippen molar-refractivity contribution in [1.29, 1.82) is 0 Å². The first-order chi connectivity index (χ1) is 11.6. The molecule has 0 unspecified atom stereocenters. The molecule has 0 aliphatic carbocycles. The van der Waals surface area contributed by atoms with Gasteiger partial charge in [-0.25, -0.2) is 4.79 Å². The molecule has 3 amide bonds. The van der Waals surface area contributed by atoms with E-state index in [1.807, 2.05) is 49.4 Å². The van der Waals surface area contributed by atoms with Crippen LogP contribution < -0.4 is 10.6 Å². The molecule has 0 radical (unpaired) electrons. The van der Waals surface area contributed by atoms with Crippen molar-refractivity contribution in [3.05, 3.63) is 66.0 Å². The number of pyridine rings is 1. The molecule has 0 fully saturated rings. The highest BCUT2D eigenvalue weighted by Crippen LogP contribution is 2.09. The highest BCUT2D eigenvalue weighted by Gasteiger charge is 2.13. The Morgan fingerprint density at radius 3 is 2.58 bits per heavy atom. The second-order valence-electron chi connectivity index (χ2n) is 5.57. The summed E-state index contributed by atoms with van der Waals surface area (Å²) in [5, 5.41) is 5.37. The van der Waals surface area contributed by atoms with Crippen molar-refractivity contribution in [2.24, 2.45) is 0 Å². The van der Waals surface area contributed by atoms with Crippen LogP contribution in [0.4, 0.5) is 4.79 Å². The Hall–Kier alpha value is -2.89. The van der Waals surface area contributed by atoms with Gasteiger partial charge in [-0.05, 0) is 24.1 Å². The molecular formula is C18H22N4O2. The molecule has 2 aromatic rings. The van der Waals surface area contributed by atoms with Gasteiger partial charge in [0.15, 0.2) is 0 Å². The summed E-state index contributed by atoms with van der Waals surface area (Å²) in [5.74, 6) is -0.150. The molecule has 1 aromatic heterocycles. The van der Waals surface area contributed by atoms with E-state index in [0.717, 1.165) is 11.1 Å². The molecule has 2 N–H and O–H groups in total. The molecule has 0 bridgehead atoms. The van der Waals surface area contributed by atoms with E-state index in [-0.39, 0.29) is 24.5 Å². The number of hydrogen-bond donors (Lipinski definition) is 2. The Morgan fingerprint density at radius 2 is 1.92 bits per heavy atom. The summed E-state index contributed by atoms with van der Waals surface area (Å²) >= 11 is 0. The van der Waals surface area contributed by atoms with E-state index in [1.165, 1.54) is 0 Å². The van der Waals surface area contributed by atoms with Crippen LogP contribution in [0.5, 0.6) is 0 Å². The van der Waals surface area contributed by atoms with Crippen molar-refractivity contribution in [1.82, 2.24) is 20.5 Å². The lowest BCUT2D eigenvalue weighted by atomic mass is 10.1. The number of hydrogen-bond acceptors (Lipinski definition) is 3. The van der Waals surface area contributed by atoms with Crippen molar-refractivity contribution in [3.63, 3.8) is 0 Å². The fourth-order valence-corrected chi connectivity index (χ4v) is 2.20. The molecule has 24 heavy (non-hydrogen) atoms. The summed E-state index contributed by atoms with van der Waals surface area (Å²) in [6, 6.07) is 12.8. The van der Waals surface area contributed by atoms with Gasteiger partial charge in [0.1, 0.15) is 0 Å². The quantitative estimate of drug-likeness (QED) is 0.854. The molecule has 1 heterocycles. The van der Waals surface area contributed by atoms with Crippen LogP contribution in [0.15, 0.2) is 54.9 Å². The van der Waals surface area contributed by atoms with Gasteiger partial charge in [0, 0.05) is 26.0 Å². The molecule has 1 aromatic carbocycles. The van der Waals surface area contributed by atoms with Crippen LogP contribution in [0.2, 0.25) is 0 Å². The summed E-state index contributed by atoms with van der Waals surface area (Å²) in [5.41, 5.74) is 1.95. The standard InChI is InChI=1S/C18H22N4O2/c1-14(16-9-6-10-19-11-16)21-18(24)20-12-17(23)22(2)13-15-7-4-3-5-8-15/h3-11,14H,12-13H2,1-2H3,(H2,20,21,24)/t14-/m0/s1. The number of likely N-dealkylation sites (N-methyl/N-ethyl adjacent to an activating group) is 1. The predicted octanol–water partition coefficient (Wildman–Crippen LogP) is 2.10. The van der Waals surface area contributed by atoms with Crippen LogP contribution in [0.25, 0.3) is 0 Å². The van der Waals surface area contributed by atoms with E-state index in [1.54, 1.807) is 24.3 Å². The maximum Gasteiger partial charge on any atom is 0.315 e. The third kappa shape index (κ3) is 5.39. The monoisotopic (exact) mass is 326 g/mol. The Bertz CT molecular complexity index is 661. The van der Waals surface area contributed by atoms with Crippen molar-refractivity contribution in [2.45, 2.75) is 19.5 Å². The number of urea groups is 1. The molecule has 0 saturated carbocycles. The van der Waals surface area contributed by atoms with Gasteiger partial charge < -0.3 is 15.5 Å². The number of carbonyl (C=O) groups is 2. The Morgan fingerprint density at radius 1 is 1.17 bits per heavy atom. The first kappa shape index (κ1) is 17.5. The lowest BCUT2D eigenvalue weighted by Crippen LogP contribution is -2.43. The first-order valence-electron chi connectivity index (χ1n) is 7.78. The second-order valence-corrected chi connectivity index (χ2v) is 5.57. The minimum absolute atomic E-state index is 0.0467. The van der Waals surface area contributed by atoms with Gasteiger partial charge in [-0.1, -0.05) is 36.4 Å². The molecule has 126 valence electrons. The van der Waals surface area contributed by atoms with Gasteiger partial charge in [0.05, 0.1) is 12.6 Å². The third-order valence-electron chi connectivity index (χ3n) is 3.62. The molecule has 6 nitrogen and oxygen atoms in total. The van der Waals surface area contributed by atoms with E-state index in [2.05, 4.69) is 15.6 Å². The first-order valence-corrected chi connectivity index (χ1v) is 7.78. The largest absolute Gasteiger partial charge is 0.340 e. The van der Waals surface area contributed by atoms with Crippen LogP contribution >= 0.6 is 0 Å². The zero-order valence-corrected chi connectivity index (χ0v) is 13.9. The summed E-state index contributed by atoms with van der Waals surface area (Å²) < 4.78 is 0. The van der Waals surface area contributed by atoms with Crippen LogP contribution in [-0.4, -0.2) is 35.4 Å². The number of carbonyl (C=O) groups excluding carboxylic acids is 2. The van der Waals surface area contributed by atoms with Gasteiger partial charge >= 0.3 is 6.03 Å². The number of nitrogens with one attached hydrogen (secondary N) is 2. The number of aromatic nitrogens is 1. The average Bonchev–Trinajstić information content (AvgIpc) is 2.61. The zero-order valence-electron chi connectivity index (χ0n) is 13.9. The number of nitrogens with zero attached hydrogens (tertiary/aromatic N) is 2. The Labute approximate surface area is 141 Å². The SMILES string of the molecule is C[C@H](NC(=O)NCC(=O)N(C)Cc1ccccc1)c1cccnc1. The Balaban J connectivity index is 1.75. The summed E-state index contributed by atoms with van der Waals surface area (Å²) in [6.07, 6.45) is 3.38. The molecule has 2 rings (SSSR count). The fourth-order valence-electron chi connectivity index (χ4n) is 2.20. The van der Waals surface area contributed by atoms with Crippen molar-refractivity contribution in [3.8, 4) is 0 Å². The molecule has 0 aliphatic heterocycles. The van der Waals surface area contributed by atoms with Gasteiger partial charge in [-0.3, -0.25) is 9.78 Å². The number of rotatable bonds is 6. The topological polar surface area (TPSA) is 74.3 Å². The van der Waals surface area contributed by atoms with Gasteiger partial charge in [-0.2, -0.15) is 0 Å². The third-order valence-corrected chi connectivity index (χ3v) is 3.62. The van der Waals surface area contributed by atoms with E-state index >= 15 is 0 Å². The van der Waals surface area contributed by atoms with E-state index in [4.69, 9.17) is 0 Å². The van der Waals surface area contributed by atoms with Crippen molar-refractivity contribution < 1.29 is 9.59 Å². The summed E-state index contributed by atoms with van der Waals surface area (Å²) in [4.78, 5) is 29.6. The van der Waals surface area contributed by atoms with Crippen LogP contribution in [0.1, 0.15) is 24.1 Å². The van der Waals surface area contributed by atoms with Gasteiger partial charge in [0.2, 0.25) is 5.91 Å². The average molecular weight is 326 g/mol. The molecule has 0 aliphatic rings. The molecule has 0 saturated heterocycles. The molecule has 1 atom stereocenters.